The zero-order valence-electron chi connectivity index (χ0n) is 8.23. The summed E-state index contributed by atoms with van der Waals surface area (Å²) in [5, 5.41) is 5.51. The molecule has 0 spiro atoms. The summed E-state index contributed by atoms with van der Waals surface area (Å²) in [6.45, 7) is 2.78. The third kappa shape index (κ3) is 3.97. The van der Waals surface area contributed by atoms with Gasteiger partial charge in [-0.05, 0) is 32.1 Å². The lowest BCUT2D eigenvalue weighted by atomic mass is 10.2. The Labute approximate surface area is 79.6 Å². The quantitative estimate of drug-likeness (QED) is 0.690. The molecule has 1 aliphatic carbocycles. The molecule has 1 fully saturated rings. The first-order chi connectivity index (χ1) is 6.33. The summed E-state index contributed by atoms with van der Waals surface area (Å²) in [7, 11) is 0. The van der Waals surface area contributed by atoms with Crippen LogP contribution in [0.3, 0.4) is 0 Å². The van der Waals surface area contributed by atoms with Gasteiger partial charge in [0.25, 0.3) is 0 Å². The predicted octanol–water partition coefficient (Wildman–Crippen LogP) is 2.15. The fourth-order valence-electron chi connectivity index (χ4n) is 1.43. The molecule has 0 heterocycles. The van der Waals surface area contributed by atoms with E-state index in [2.05, 4.69) is 10.6 Å². The molecule has 13 heavy (non-hydrogen) atoms. The summed E-state index contributed by atoms with van der Waals surface area (Å²) in [4.78, 5) is 11.1. The van der Waals surface area contributed by atoms with Crippen LogP contribution in [0.25, 0.3) is 0 Å². The van der Waals surface area contributed by atoms with Crippen molar-refractivity contribution >= 4 is 6.03 Å². The van der Waals surface area contributed by atoms with Gasteiger partial charge in [0.1, 0.15) is 0 Å². The number of carbonyl (C=O) groups is 1. The van der Waals surface area contributed by atoms with E-state index in [1.165, 1.54) is 18.4 Å². The molecule has 1 aliphatic rings. The van der Waals surface area contributed by atoms with Gasteiger partial charge in [-0.2, -0.15) is 0 Å². The Balaban J connectivity index is 2.16. The summed E-state index contributed by atoms with van der Waals surface area (Å²) >= 11 is 0. The third-order valence-electron chi connectivity index (χ3n) is 2.19. The lowest BCUT2D eigenvalue weighted by Gasteiger charge is -2.02. The van der Waals surface area contributed by atoms with Crippen LogP contribution in [0.5, 0.6) is 0 Å². The Morgan fingerprint density at radius 1 is 1.46 bits per heavy atom. The summed E-state index contributed by atoms with van der Waals surface area (Å²) in [5.41, 5.74) is 1.37. The van der Waals surface area contributed by atoms with E-state index in [9.17, 15) is 4.79 Å². The highest BCUT2D eigenvalue weighted by Gasteiger charge is 2.06. The van der Waals surface area contributed by atoms with Crippen LogP contribution in [0.1, 0.15) is 39.0 Å². The van der Waals surface area contributed by atoms with E-state index >= 15 is 0 Å². The van der Waals surface area contributed by atoms with E-state index < -0.39 is 0 Å². The van der Waals surface area contributed by atoms with Crippen molar-refractivity contribution in [2.75, 3.05) is 6.54 Å². The van der Waals surface area contributed by atoms with Crippen LogP contribution in [0.15, 0.2) is 11.8 Å². The number of amides is 2. The van der Waals surface area contributed by atoms with Crippen LogP contribution in [-0.2, 0) is 0 Å². The van der Waals surface area contributed by atoms with Crippen LogP contribution < -0.4 is 10.6 Å². The monoisotopic (exact) mass is 182 g/mol. The molecule has 0 saturated heterocycles. The maximum Gasteiger partial charge on any atom is 0.318 e. The van der Waals surface area contributed by atoms with Gasteiger partial charge in [-0.1, -0.05) is 12.5 Å². The minimum atomic E-state index is -0.0822. The van der Waals surface area contributed by atoms with Crippen LogP contribution in [-0.4, -0.2) is 12.6 Å². The number of carbonyl (C=O) groups excluding carboxylic acids is 1. The molecule has 1 saturated carbocycles. The molecule has 74 valence electrons. The molecule has 0 bridgehead atoms. The molecule has 0 aromatic heterocycles. The van der Waals surface area contributed by atoms with E-state index in [0.29, 0.717) is 0 Å². The van der Waals surface area contributed by atoms with E-state index in [-0.39, 0.29) is 6.03 Å². The minimum Gasteiger partial charge on any atom is -0.338 e. The van der Waals surface area contributed by atoms with E-state index in [1.807, 2.05) is 13.1 Å². The highest BCUT2D eigenvalue weighted by atomic mass is 16.2. The normalized spacial score (nSPS) is 15.6. The summed E-state index contributed by atoms with van der Waals surface area (Å²) in [6, 6.07) is -0.0822. The van der Waals surface area contributed by atoms with Crippen molar-refractivity contribution in [3.63, 3.8) is 0 Å². The molecule has 0 aromatic rings. The van der Waals surface area contributed by atoms with Crippen LogP contribution in [0.4, 0.5) is 4.79 Å². The molecule has 3 heteroatoms. The van der Waals surface area contributed by atoms with Crippen LogP contribution in [0.2, 0.25) is 0 Å². The molecule has 2 N–H and O–H groups in total. The number of allylic oxidation sites excluding steroid dienone is 1. The molecule has 2 amide bonds. The second-order valence-electron chi connectivity index (χ2n) is 3.41. The molecule has 1 rings (SSSR count). The number of hydrogen-bond acceptors (Lipinski definition) is 1. The lowest BCUT2D eigenvalue weighted by Crippen LogP contribution is -2.32. The molecule has 0 radical (unpaired) electrons. The van der Waals surface area contributed by atoms with Gasteiger partial charge in [0.2, 0.25) is 0 Å². The Morgan fingerprint density at radius 2 is 2.15 bits per heavy atom. The van der Waals surface area contributed by atoms with Gasteiger partial charge in [0.05, 0.1) is 0 Å². The molecule has 0 atom stereocenters. The van der Waals surface area contributed by atoms with E-state index in [4.69, 9.17) is 0 Å². The standard InChI is InChI=1S/C10H18N2O/c1-2-7-11-10(13)12-8-9-5-3-4-6-9/h8H,2-7H2,1H3,(H2,11,12,13). The van der Waals surface area contributed by atoms with Gasteiger partial charge < -0.3 is 10.6 Å². The number of hydrogen-bond donors (Lipinski definition) is 2. The molecule has 3 nitrogen and oxygen atoms in total. The van der Waals surface area contributed by atoms with Crippen molar-refractivity contribution in [3.05, 3.63) is 11.8 Å². The highest BCUT2D eigenvalue weighted by molar-refractivity contribution is 5.74. The minimum absolute atomic E-state index is 0.0822. The maximum absolute atomic E-state index is 11.1. The number of nitrogens with one attached hydrogen (secondary N) is 2. The third-order valence-corrected chi connectivity index (χ3v) is 2.19. The van der Waals surface area contributed by atoms with Gasteiger partial charge in [-0.3, -0.25) is 0 Å². The largest absolute Gasteiger partial charge is 0.338 e. The highest BCUT2D eigenvalue weighted by Crippen LogP contribution is 2.22. The van der Waals surface area contributed by atoms with Crippen molar-refractivity contribution in [3.8, 4) is 0 Å². The lowest BCUT2D eigenvalue weighted by molar-refractivity contribution is 0.244. The maximum atomic E-state index is 11.1. The van der Waals surface area contributed by atoms with Crippen molar-refractivity contribution in [1.82, 2.24) is 10.6 Å². The molecule has 0 aromatic carbocycles. The topological polar surface area (TPSA) is 41.1 Å². The van der Waals surface area contributed by atoms with Gasteiger partial charge >= 0.3 is 6.03 Å². The number of rotatable bonds is 3. The van der Waals surface area contributed by atoms with Crippen molar-refractivity contribution in [2.24, 2.45) is 0 Å². The summed E-state index contributed by atoms with van der Waals surface area (Å²) < 4.78 is 0. The first-order valence-electron chi connectivity index (χ1n) is 5.05. The zero-order valence-corrected chi connectivity index (χ0v) is 8.23. The first-order valence-corrected chi connectivity index (χ1v) is 5.05. The van der Waals surface area contributed by atoms with Crippen molar-refractivity contribution in [1.29, 1.82) is 0 Å². The Kier molecular flexibility index (Phi) is 4.36. The molecule has 0 unspecified atom stereocenters. The Hall–Kier alpha value is -0.990. The smallest absolute Gasteiger partial charge is 0.318 e. The van der Waals surface area contributed by atoms with Gasteiger partial charge in [-0.15, -0.1) is 0 Å². The zero-order chi connectivity index (χ0) is 9.52. The fourth-order valence-corrected chi connectivity index (χ4v) is 1.43. The van der Waals surface area contributed by atoms with Gasteiger partial charge in [0.15, 0.2) is 0 Å². The molecular formula is C10H18N2O. The molecular weight excluding hydrogens is 164 g/mol. The summed E-state index contributed by atoms with van der Waals surface area (Å²) in [5.74, 6) is 0. The fraction of sp³-hybridized carbons (Fsp3) is 0.700. The average molecular weight is 182 g/mol. The Bertz CT molecular complexity index is 191. The van der Waals surface area contributed by atoms with E-state index in [0.717, 1.165) is 25.8 Å². The van der Waals surface area contributed by atoms with Crippen LogP contribution >= 0.6 is 0 Å². The number of urea groups is 1. The SMILES string of the molecule is CCCNC(=O)NC=C1CCCC1. The van der Waals surface area contributed by atoms with E-state index in [1.54, 1.807) is 0 Å². The Morgan fingerprint density at radius 3 is 2.77 bits per heavy atom. The second-order valence-corrected chi connectivity index (χ2v) is 3.41. The van der Waals surface area contributed by atoms with Crippen LogP contribution in [0, 0.1) is 0 Å². The average Bonchev–Trinajstić information content (AvgIpc) is 2.64. The predicted molar refractivity (Wildman–Crippen MR) is 53.4 cm³/mol. The van der Waals surface area contributed by atoms with Crippen molar-refractivity contribution < 1.29 is 4.79 Å². The van der Waals surface area contributed by atoms with Gasteiger partial charge in [-0.25, -0.2) is 4.79 Å². The molecule has 0 aliphatic heterocycles. The second kappa shape index (κ2) is 5.62. The first kappa shape index (κ1) is 10.1. The van der Waals surface area contributed by atoms with Crippen molar-refractivity contribution in [2.45, 2.75) is 39.0 Å². The van der Waals surface area contributed by atoms with Gasteiger partial charge in [0, 0.05) is 12.7 Å². The summed E-state index contributed by atoms with van der Waals surface area (Å²) in [6.07, 6.45) is 7.66.